The average molecular weight is 389 g/mol. The molecular formula is C21H22Cl2N2O. The largest absolute Gasteiger partial charge is 0.399 e. The van der Waals surface area contributed by atoms with Crippen LogP contribution in [-0.2, 0) is 4.84 Å². The topological polar surface area (TPSA) is 33.6 Å². The summed E-state index contributed by atoms with van der Waals surface area (Å²) in [4.78, 5) is 5.24. The minimum atomic E-state index is 0.156. The molecule has 1 heterocycles. The van der Waals surface area contributed by atoms with Gasteiger partial charge in [-0.25, -0.2) is 0 Å². The summed E-state index contributed by atoms with van der Waals surface area (Å²) in [5.74, 6) is 0.644. The van der Waals surface area contributed by atoms with Crippen LogP contribution in [0.5, 0.6) is 0 Å². The molecule has 2 fully saturated rings. The lowest BCUT2D eigenvalue weighted by Gasteiger charge is -2.47. The van der Waals surface area contributed by atoms with Gasteiger partial charge < -0.3 is 10.2 Å². The van der Waals surface area contributed by atoms with Crippen molar-refractivity contribution in [2.75, 3.05) is 7.11 Å². The Labute approximate surface area is 164 Å². The summed E-state index contributed by atoms with van der Waals surface area (Å²) < 4.78 is 0. The highest BCUT2D eigenvalue weighted by Gasteiger charge is 2.45. The Morgan fingerprint density at radius 3 is 1.92 bits per heavy atom. The van der Waals surface area contributed by atoms with Crippen LogP contribution in [0.25, 0.3) is 0 Å². The molecule has 0 amide bonds. The van der Waals surface area contributed by atoms with Gasteiger partial charge in [0.1, 0.15) is 7.11 Å². The number of oxime groups is 1. The highest BCUT2D eigenvalue weighted by molar-refractivity contribution is 6.30. The highest BCUT2D eigenvalue weighted by atomic mass is 35.5. The molecule has 136 valence electrons. The van der Waals surface area contributed by atoms with Gasteiger partial charge in [0, 0.05) is 34.0 Å². The van der Waals surface area contributed by atoms with Gasteiger partial charge >= 0.3 is 0 Å². The predicted molar refractivity (Wildman–Crippen MR) is 107 cm³/mol. The zero-order valence-corrected chi connectivity index (χ0v) is 16.2. The first-order chi connectivity index (χ1) is 12.7. The number of piperidine rings is 1. The Balaban J connectivity index is 1.79. The van der Waals surface area contributed by atoms with E-state index in [1.54, 1.807) is 7.11 Å². The Morgan fingerprint density at radius 1 is 0.923 bits per heavy atom. The summed E-state index contributed by atoms with van der Waals surface area (Å²) in [7, 11) is 1.63. The van der Waals surface area contributed by atoms with Crippen molar-refractivity contribution in [3.63, 3.8) is 0 Å². The Hall–Kier alpha value is -1.55. The molecule has 0 aromatic heterocycles. The summed E-state index contributed by atoms with van der Waals surface area (Å²) in [5.41, 5.74) is 3.55. The normalized spacial score (nSPS) is 29.6. The average Bonchev–Trinajstić information content (AvgIpc) is 2.62. The molecule has 1 N–H and O–H groups in total. The van der Waals surface area contributed by atoms with E-state index in [0.29, 0.717) is 11.8 Å². The zero-order chi connectivity index (χ0) is 18.1. The zero-order valence-electron chi connectivity index (χ0n) is 14.7. The van der Waals surface area contributed by atoms with Crippen LogP contribution in [0, 0.1) is 11.8 Å². The lowest BCUT2D eigenvalue weighted by molar-refractivity contribution is 0.180. The molecule has 4 rings (SSSR count). The van der Waals surface area contributed by atoms with Gasteiger partial charge in [0.2, 0.25) is 0 Å². The molecule has 0 radical (unpaired) electrons. The summed E-state index contributed by atoms with van der Waals surface area (Å²) in [6.45, 7) is 0. The van der Waals surface area contributed by atoms with E-state index in [2.05, 4.69) is 22.6 Å². The van der Waals surface area contributed by atoms with Gasteiger partial charge in [-0.1, -0.05) is 59.0 Å². The molecule has 1 saturated carbocycles. The van der Waals surface area contributed by atoms with Gasteiger partial charge in [0.25, 0.3) is 0 Å². The highest BCUT2D eigenvalue weighted by Crippen LogP contribution is 2.47. The Bertz CT molecular complexity index is 762. The SMILES string of the molecule is CON=C1[C@H]2CCC[C@@H]1[C@H](c1cccc(Cl)c1)N[C@@H]2c1cccc(Cl)c1. The first-order valence-corrected chi connectivity index (χ1v) is 9.81. The third-order valence-electron chi connectivity index (χ3n) is 5.57. The van der Waals surface area contributed by atoms with Gasteiger partial charge in [0.05, 0.1) is 5.71 Å². The van der Waals surface area contributed by atoms with Crippen molar-refractivity contribution in [2.24, 2.45) is 17.0 Å². The third kappa shape index (κ3) is 3.36. The van der Waals surface area contributed by atoms with Crippen molar-refractivity contribution in [3.05, 3.63) is 69.7 Å². The Morgan fingerprint density at radius 2 is 1.46 bits per heavy atom. The molecule has 2 bridgehead atoms. The number of rotatable bonds is 3. The van der Waals surface area contributed by atoms with E-state index in [9.17, 15) is 0 Å². The van der Waals surface area contributed by atoms with Crippen molar-refractivity contribution >= 4 is 28.9 Å². The molecule has 2 aromatic carbocycles. The molecule has 26 heavy (non-hydrogen) atoms. The minimum absolute atomic E-state index is 0.156. The quantitative estimate of drug-likeness (QED) is 0.674. The van der Waals surface area contributed by atoms with Gasteiger partial charge in [-0.2, -0.15) is 0 Å². The van der Waals surface area contributed by atoms with Crippen LogP contribution in [0.3, 0.4) is 0 Å². The second kappa shape index (κ2) is 7.59. The number of nitrogens with one attached hydrogen (secondary N) is 1. The first-order valence-electron chi connectivity index (χ1n) is 9.05. The van der Waals surface area contributed by atoms with Crippen LogP contribution in [0.1, 0.15) is 42.5 Å². The van der Waals surface area contributed by atoms with E-state index >= 15 is 0 Å². The maximum atomic E-state index is 6.27. The number of benzene rings is 2. The maximum Gasteiger partial charge on any atom is 0.106 e. The molecule has 2 aromatic rings. The van der Waals surface area contributed by atoms with Crippen molar-refractivity contribution < 1.29 is 4.84 Å². The first kappa shape index (κ1) is 17.8. The summed E-state index contributed by atoms with van der Waals surface area (Å²) in [6.07, 6.45) is 3.39. The van der Waals surface area contributed by atoms with Crippen molar-refractivity contribution in [3.8, 4) is 0 Å². The van der Waals surface area contributed by atoms with Crippen molar-refractivity contribution in [1.82, 2.24) is 5.32 Å². The maximum absolute atomic E-state index is 6.27. The molecule has 0 unspecified atom stereocenters. The third-order valence-corrected chi connectivity index (χ3v) is 6.04. The monoisotopic (exact) mass is 388 g/mol. The summed E-state index contributed by atoms with van der Waals surface area (Å²) >= 11 is 12.5. The summed E-state index contributed by atoms with van der Waals surface area (Å²) in [5, 5.41) is 9.86. The number of hydrogen-bond acceptors (Lipinski definition) is 3. The smallest absolute Gasteiger partial charge is 0.106 e. The fourth-order valence-electron chi connectivity index (χ4n) is 4.53. The molecule has 4 atom stereocenters. The molecular weight excluding hydrogens is 367 g/mol. The standard InChI is InChI=1S/C21H22Cl2N2O/c1-26-25-21-17-9-4-10-18(21)20(14-6-3-8-16(23)12-14)24-19(17)13-5-2-7-15(22)11-13/h2-3,5-8,11-12,17-20,24H,4,9-10H2,1H3/t17-,18+,19+,20-. The number of fused-ring (bicyclic) bond motifs is 2. The van der Waals surface area contributed by atoms with E-state index < -0.39 is 0 Å². The molecule has 2 aliphatic rings. The molecule has 1 aliphatic heterocycles. The van der Waals surface area contributed by atoms with Gasteiger partial charge in [-0.3, -0.25) is 0 Å². The lowest BCUT2D eigenvalue weighted by Crippen LogP contribution is -2.50. The fourth-order valence-corrected chi connectivity index (χ4v) is 4.92. The molecule has 5 heteroatoms. The number of halogens is 2. The molecule has 1 aliphatic carbocycles. The van der Waals surface area contributed by atoms with Crippen LogP contribution in [0.4, 0.5) is 0 Å². The molecule has 1 saturated heterocycles. The van der Waals surface area contributed by atoms with Crippen LogP contribution in [0.15, 0.2) is 53.7 Å². The van der Waals surface area contributed by atoms with Crippen LogP contribution >= 0.6 is 23.2 Å². The van der Waals surface area contributed by atoms with E-state index in [1.807, 2.05) is 36.4 Å². The fraction of sp³-hybridized carbons (Fsp3) is 0.381. The Kier molecular flexibility index (Phi) is 5.21. The molecule has 0 spiro atoms. The summed E-state index contributed by atoms with van der Waals surface area (Å²) in [6, 6.07) is 16.5. The van der Waals surface area contributed by atoms with Crippen molar-refractivity contribution in [1.29, 1.82) is 0 Å². The van der Waals surface area contributed by atoms with Gasteiger partial charge in [-0.05, 0) is 48.2 Å². The van der Waals surface area contributed by atoms with Gasteiger partial charge in [-0.15, -0.1) is 0 Å². The van der Waals surface area contributed by atoms with Crippen molar-refractivity contribution in [2.45, 2.75) is 31.3 Å². The predicted octanol–water partition coefficient (Wildman–Crippen LogP) is 5.80. The number of hydrogen-bond donors (Lipinski definition) is 1. The molecule has 3 nitrogen and oxygen atoms in total. The van der Waals surface area contributed by atoms with Crippen LogP contribution < -0.4 is 5.32 Å². The van der Waals surface area contributed by atoms with E-state index in [0.717, 1.165) is 28.6 Å². The number of nitrogens with zero attached hydrogens (tertiary/aromatic N) is 1. The van der Waals surface area contributed by atoms with Crippen LogP contribution in [-0.4, -0.2) is 12.8 Å². The van der Waals surface area contributed by atoms with E-state index in [1.165, 1.54) is 17.5 Å². The second-order valence-electron chi connectivity index (χ2n) is 7.07. The van der Waals surface area contributed by atoms with Gasteiger partial charge in [0.15, 0.2) is 0 Å². The van der Waals surface area contributed by atoms with E-state index in [-0.39, 0.29) is 12.1 Å². The van der Waals surface area contributed by atoms with Crippen LogP contribution in [0.2, 0.25) is 10.0 Å². The van der Waals surface area contributed by atoms with E-state index in [4.69, 9.17) is 28.0 Å². The minimum Gasteiger partial charge on any atom is -0.399 e. The lowest BCUT2D eigenvalue weighted by atomic mass is 9.67. The second-order valence-corrected chi connectivity index (χ2v) is 7.95.